The van der Waals surface area contributed by atoms with Crippen molar-refractivity contribution in [3.05, 3.63) is 25.6 Å². The van der Waals surface area contributed by atoms with Crippen LogP contribution in [0.2, 0.25) is 0 Å². The van der Waals surface area contributed by atoms with Crippen LogP contribution in [-0.2, 0) is 0 Å². The third kappa shape index (κ3) is 2.89. The molecule has 0 aromatic heterocycles. The van der Waals surface area contributed by atoms with Crippen LogP contribution in [0, 0.1) is 0 Å². The molecular formula is C10H20N+. The van der Waals surface area contributed by atoms with Crippen molar-refractivity contribution in [3.8, 4) is 0 Å². The standard InChI is InChI=1S/C10H20N/c1-5-9-11(7-3,8-4)10-6-2/h7-8H,3-6,9-10H2,1-2H3/q+1. The minimum atomic E-state index is 0.854. The zero-order valence-electron chi connectivity index (χ0n) is 7.84. The van der Waals surface area contributed by atoms with E-state index in [-0.39, 0.29) is 0 Å². The van der Waals surface area contributed by atoms with Crippen LogP contribution in [0.5, 0.6) is 0 Å². The molecule has 0 amide bonds. The van der Waals surface area contributed by atoms with Crippen LogP contribution < -0.4 is 0 Å². The smallest absolute Gasteiger partial charge is 0.0931 e. The third-order valence-corrected chi connectivity index (χ3v) is 2.01. The molecule has 0 radical (unpaired) electrons. The van der Waals surface area contributed by atoms with E-state index in [1.807, 2.05) is 12.4 Å². The Morgan fingerprint density at radius 1 is 1.00 bits per heavy atom. The normalized spacial score (nSPS) is 11.1. The molecule has 0 unspecified atom stereocenters. The molecule has 0 heterocycles. The quantitative estimate of drug-likeness (QED) is 0.516. The minimum Gasteiger partial charge on any atom is -0.272 e. The van der Waals surface area contributed by atoms with Crippen LogP contribution in [0.4, 0.5) is 0 Å². The van der Waals surface area contributed by atoms with E-state index in [2.05, 4.69) is 27.0 Å². The Hall–Kier alpha value is -0.560. The number of rotatable bonds is 6. The lowest BCUT2D eigenvalue weighted by Crippen LogP contribution is -2.37. The molecule has 0 saturated heterocycles. The molecule has 0 aromatic rings. The molecule has 64 valence electrons. The topological polar surface area (TPSA) is 0 Å². The Balaban J connectivity index is 4.18. The Bertz CT molecular complexity index is 111. The molecule has 0 spiro atoms. The van der Waals surface area contributed by atoms with Gasteiger partial charge in [0.1, 0.15) is 0 Å². The summed E-state index contributed by atoms with van der Waals surface area (Å²) < 4.78 is 0.854. The highest BCUT2D eigenvalue weighted by Gasteiger charge is 2.16. The van der Waals surface area contributed by atoms with Crippen molar-refractivity contribution in [3.63, 3.8) is 0 Å². The largest absolute Gasteiger partial charge is 0.272 e. The number of quaternary nitrogens is 1. The first-order valence-electron chi connectivity index (χ1n) is 4.38. The lowest BCUT2D eigenvalue weighted by molar-refractivity contribution is -0.827. The van der Waals surface area contributed by atoms with Crippen LogP contribution in [0.25, 0.3) is 0 Å². The first-order valence-corrected chi connectivity index (χ1v) is 4.38. The van der Waals surface area contributed by atoms with E-state index in [0.29, 0.717) is 0 Å². The molecule has 0 aliphatic heterocycles. The lowest BCUT2D eigenvalue weighted by atomic mass is 10.3. The predicted molar refractivity (Wildman–Crippen MR) is 51.0 cm³/mol. The number of hydrogen-bond acceptors (Lipinski definition) is 0. The van der Waals surface area contributed by atoms with Crippen LogP contribution >= 0.6 is 0 Å². The summed E-state index contributed by atoms with van der Waals surface area (Å²) in [5.74, 6) is 0. The number of hydrogen-bond donors (Lipinski definition) is 0. The Labute approximate surface area is 70.6 Å². The fraction of sp³-hybridized carbons (Fsp3) is 0.600. The van der Waals surface area contributed by atoms with E-state index in [9.17, 15) is 0 Å². The summed E-state index contributed by atoms with van der Waals surface area (Å²) in [5, 5.41) is 0. The second-order valence-corrected chi connectivity index (χ2v) is 2.92. The van der Waals surface area contributed by atoms with E-state index in [4.69, 9.17) is 0 Å². The molecule has 0 N–H and O–H groups in total. The van der Waals surface area contributed by atoms with E-state index in [0.717, 1.165) is 17.6 Å². The highest BCUT2D eigenvalue weighted by atomic mass is 15.3. The fourth-order valence-corrected chi connectivity index (χ4v) is 1.38. The maximum Gasteiger partial charge on any atom is 0.0931 e. The molecule has 0 atom stereocenters. The van der Waals surface area contributed by atoms with E-state index >= 15 is 0 Å². The van der Waals surface area contributed by atoms with Gasteiger partial charge in [-0.05, 0) is 26.0 Å². The van der Waals surface area contributed by atoms with Crippen molar-refractivity contribution in [1.29, 1.82) is 0 Å². The van der Waals surface area contributed by atoms with Crippen molar-refractivity contribution in [2.24, 2.45) is 0 Å². The zero-order chi connectivity index (χ0) is 8.74. The van der Waals surface area contributed by atoms with Crippen LogP contribution in [-0.4, -0.2) is 17.6 Å². The third-order valence-electron chi connectivity index (χ3n) is 2.01. The predicted octanol–water partition coefficient (Wildman–Crippen LogP) is 2.91. The van der Waals surface area contributed by atoms with Crippen molar-refractivity contribution >= 4 is 0 Å². The first-order chi connectivity index (χ1) is 5.24. The van der Waals surface area contributed by atoms with Gasteiger partial charge in [0.2, 0.25) is 0 Å². The summed E-state index contributed by atoms with van der Waals surface area (Å²) in [4.78, 5) is 0. The van der Waals surface area contributed by atoms with Gasteiger partial charge in [-0.3, -0.25) is 4.48 Å². The van der Waals surface area contributed by atoms with Gasteiger partial charge in [-0.1, -0.05) is 13.8 Å². The van der Waals surface area contributed by atoms with Gasteiger partial charge in [-0.2, -0.15) is 0 Å². The summed E-state index contributed by atoms with van der Waals surface area (Å²) in [6.07, 6.45) is 6.33. The maximum absolute atomic E-state index is 3.84. The molecule has 0 fully saturated rings. The van der Waals surface area contributed by atoms with Gasteiger partial charge < -0.3 is 0 Å². The zero-order valence-corrected chi connectivity index (χ0v) is 7.84. The average Bonchev–Trinajstić information content (AvgIpc) is 2.04. The molecular weight excluding hydrogens is 134 g/mol. The molecule has 0 saturated carbocycles. The van der Waals surface area contributed by atoms with Gasteiger partial charge >= 0.3 is 0 Å². The molecule has 1 heteroatoms. The summed E-state index contributed by atoms with van der Waals surface area (Å²) in [5.41, 5.74) is 0. The SMILES string of the molecule is C=C[N+](C=C)(CCC)CCC. The summed E-state index contributed by atoms with van der Waals surface area (Å²) in [7, 11) is 0. The maximum atomic E-state index is 3.84. The van der Waals surface area contributed by atoms with Crippen LogP contribution in [0.15, 0.2) is 25.6 Å². The first kappa shape index (κ1) is 10.4. The van der Waals surface area contributed by atoms with Gasteiger partial charge in [0, 0.05) is 0 Å². The summed E-state index contributed by atoms with van der Waals surface area (Å²) in [6, 6.07) is 0. The van der Waals surface area contributed by atoms with Crippen molar-refractivity contribution < 1.29 is 4.48 Å². The number of nitrogens with zero attached hydrogens (tertiary/aromatic N) is 1. The molecule has 0 bridgehead atoms. The molecule has 0 rings (SSSR count). The van der Waals surface area contributed by atoms with Crippen molar-refractivity contribution in [1.82, 2.24) is 0 Å². The Morgan fingerprint density at radius 2 is 1.36 bits per heavy atom. The highest BCUT2D eigenvalue weighted by Crippen LogP contribution is 2.10. The van der Waals surface area contributed by atoms with E-state index in [1.54, 1.807) is 0 Å². The van der Waals surface area contributed by atoms with Gasteiger partial charge in [0.15, 0.2) is 0 Å². The van der Waals surface area contributed by atoms with E-state index in [1.165, 1.54) is 12.8 Å². The Kier molecular flexibility index (Phi) is 4.88. The monoisotopic (exact) mass is 154 g/mol. The minimum absolute atomic E-state index is 0.854. The molecule has 1 nitrogen and oxygen atoms in total. The molecule has 0 aromatic carbocycles. The average molecular weight is 154 g/mol. The van der Waals surface area contributed by atoms with Crippen LogP contribution in [0.1, 0.15) is 26.7 Å². The van der Waals surface area contributed by atoms with Crippen LogP contribution in [0.3, 0.4) is 0 Å². The lowest BCUT2D eigenvalue weighted by Gasteiger charge is -2.29. The second-order valence-electron chi connectivity index (χ2n) is 2.92. The Morgan fingerprint density at radius 3 is 1.55 bits per heavy atom. The van der Waals surface area contributed by atoms with Crippen molar-refractivity contribution in [2.75, 3.05) is 13.1 Å². The summed E-state index contributed by atoms with van der Waals surface area (Å²) in [6.45, 7) is 14.3. The van der Waals surface area contributed by atoms with Gasteiger partial charge in [0.05, 0.1) is 25.5 Å². The summed E-state index contributed by atoms with van der Waals surface area (Å²) >= 11 is 0. The van der Waals surface area contributed by atoms with Gasteiger partial charge in [-0.25, -0.2) is 0 Å². The van der Waals surface area contributed by atoms with Gasteiger partial charge in [-0.15, -0.1) is 0 Å². The van der Waals surface area contributed by atoms with Gasteiger partial charge in [0.25, 0.3) is 0 Å². The van der Waals surface area contributed by atoms with E-state index < -0.39 is 0 Å². The molecule has 0 aliphatic rings. The molecule has 11 heavy (non-hydrogen) atoms. The molecule has 0 aliphatic carbocycles. The fourth-order valence-electron chi connectivity index (χ4n) is 1.38. The van der Waals surface area contributed by atoms with Crippen molar-refractivity contribution in [2.45, 2.75) is 26.7 Å². The second kappa shape index (κ2) is 5.14. The highest BCUT2D eigenvalue weighted by molar-refractivity contribution is 4.66.